The van der Waals surface area contributed by atoms with Crippen LogP contribution in [0.15, 0.2) is 41.0 Å². The van der Waals surface area contributed by atoms with Crippen molar-refractivity contribution in [3.8, 4) is 5.88 Å². The van der Waals surface area contributed by atoms with Crippen LogP contribution in [0.1, 0.15) is 24.4 Å². The van der Waals surface area contributed by atoms with Crippen molar-refractivity contribution in [2.24, 2.45) is 0 Å². The van der Waals surface area contributed by atoms with Crippen molar-refractivity contribution in [3.63, 3.8) is 0 Å². The molecule has 118 valence electrons. The predicted molar refractivity (Wildman–Crippen MR) is 94.8 cm³/mol. The lowest BCUT2D eigenvalue weighted by molar-refractivity contribution is 0.398. The molecule has 0 amide bonds. The van der Waals surface area contributed by atoms with E-state index < -0.39 is 0 Å². The number of aromatic nitrogens is 3. The number of rotatable bonds is 4. The van der Waals surface area contributed by atoms with E-state index in [2.05, 4.69) is 55.3 Å². The topological polar surface area (TPSA) is 59.9 Å². The molecule has 2 aromatic heterocycles. The second-order valence-electron chi connectivity index (χ2n) is 5.28. The fourth-order valence-corrected chi connectivity index (χ4v) is 2.83. The largest absolute Gasteiger partial charge is 0.481 e. The Morgan fingerprint density at radius 1 is 1.22 bits per heavy atom. The third kappa shape index (κ3) is 3.42. The van der Waals surface area contributed by atoms with Crippen LogP contribution in [0.2, 0.25) is 0 Å². The molecule has 0 radical (unpaired) electrons. The van der Waals surface area contributed by atoms with E-state index in [4.69, 9.17) is 4.74 Å². The summed E-state index contributed by atoms with van der Waals surface area (Å²) in [7, 11) is 1.60. The molecule has 2 heterocycles. The summed E-state index contributed by atoms with van der Waals surface area (Å²) in [6.07, 6.45) is 1.71. The molecule has 1 atom stereocenters. The van der Waals surface area contributed by atoms with Gasteiger partial charge < -0.3 is 10.1 Å². The molecule has 0 saturated carbocycles. The first-order chi connectivity index (χ1) is 11.1. The maximum atomic E-state index is 5.21. The molecule has 3 aromatic rings. The lowest BCUT2D eigenvalue weighted by Gasteiger charge is -2.17. The molecule has 0 fully saturated rings. The predicted octanol–water partition coefficient (Wildman–Crippen LogP) is 4.28. The number of halogens is 1. The van der Waals surface area contributed by atoms with Crippen molar-refractivity contribution in [2.45, 2.75) is 19.9 Å². The number of anilines is 1. The van der Waals surface area contributed by atoms with Crippen LogP contribution < -0.4 is 10.1 Å². The maximum Gasteiger partial charge on any atom is 0.213 e. The van der Waals surface area contributed by atoms with Crippen LogP contribution in [0, 0.1) is 6.92 Å². The third-order valence-corrected chi connectivity index (χ3v) is 4.07. The summed E-state index contributed by atoms with van der Waals surface area (Å²) >= 11 is 3.51. The Bertz CT molecular complexity index is 853. The lowest BCUT2D eigenvalue weighted by Crippen LogP contribution is -2.09. The van der Waals surface area contributed by atoms with Gasteiger partial charge in [-0.25, -0.2) is 15.0 Å². The number of aryl methyl sites for hydroxylation is 1. The summed E-state index contributed by atoms with van der Waals surface area (Å²) in [6, 6.07) is 10.2. The van der Waals surface area contributed by atoms with E-state index in [0.717, 1.165) is 21.2 Å². The monoisotopic (exact) mass is 372 g/mol. The van der Waals surface area contributed by atoms with Crippen LogP contribution in [-0.2, 0) is 0 Å². The number of benzene rings is 1. The molecule has 3 rings (SSSR count). The molecule has 0 aliphatic rings. The molecule has 0 aliphatic heterocycles. The van der Waals surface area contributed by atoms with Gasteiger partial charge in [0.15, 0.2) is 0 Å². The molecule has 5 nitrogen and oxygen atoms in total. The zero-order chi connectivity index (χ0) is 16.4. The van der Waals surface area contributed by atoms with E-state index in [1.807, 2.05) is 25.1 Å². The molecule has 0 saturated heterocycles. The lowest BCUT2D eigenvalue weighted by atomic mass is 10.1. The number of methoxy groups -OCH3 is 1. The zero-order valence-electron chi connectivity index (χ0n) is 13.2. The highest BCUT2D eigenvalue weighted by molar-refractivity contribution is 9.10. The van der Waals surface area contributed by atoms with Gasteiger partial charge in [0.1, 0.15) is 11.6 Å². The van der Waals surface area contributed by atoms with Crippen molar-refractivity contribution in [1.82, 2.24) is 15.0 Å². The number of nitrogens with zero attached hydrogens (tertiary/aromatic N) is 3. The third-order valence-electron chi connectivity index (χ3n) is 3.58. The van der Waals surface area contributed by atoms with E-state index in [9.17, 15) is 0 Å². The minimum Gasteiger partial charge on any atom is -0.481 e. The number of pyridine rings is 1. The Kier molecular flexibility index (Phi) is 4.43. The SMILES string of the molecule is COc1cc2c(NC(C)c3cccc(Br)c3)nc(C)nc2cn1. The first-order valence-electron chi connectivity index (χ1n) is 7.27. The van der Waals surface area contributed by atoms with Crippen molar-refractivity contribution in [2.75, 3.05) is 12.4 Å². The number of nitrogens with one attached hydrogen (secondary N) is 1. The zero-order valence-corrected chi connectivity index (χ0v) is 14.8. The minimum absolute atomic E-state index is 0.101. The molecular weight excluding hydrogens is 356 g/mol. The molecule has 1 N–H and O–H groups in total. The molecule has 0 spiro atoms. The minimum atomic E-state index is 0.101. The summed E-state index contributed by atoms with van der Waals surface area (Å²) in [4.78, 5) is 13.2. The Morgan fingerprint density at radius 2 is 2.04 bits per heavy atom. The van der Waals surface area contributed by atoms with Gasteiger partial charge in [-0.2, -0.15) is 0 Å². The number of ether oxygens (including phenoxy) is 1. The highest BCUT2D eigenvalue weighted by atomic mass is 79.9. The highest BCUT2D eigenvalue weighted by Gasteiger charge is 2.12. The smallest absolute Gasteiger partial charge is 0.213 e. The van der Waals surface area contributed by atoms with E-state index in [0.29, 0.717) is 11.7 Å². The van der Waals surface area contributed by atoms with Gasteiger partial charge in [0.25, 0.3) is 0 Å². The maximum absolute atomic E-state index is 5.21. The number of hydrogen-bond acceptors (Lipinski definition) is 5. The molecular formula is C17H17BrN4O. The quantitative estimate of drug-likeness (QED) is 0.740. The molecule has 0 aliphatic carbocycles. The fraction of sp³-hybridized carbons (Fsp3) is 0.235. The number of fused-ring (bicyclic) bond motifs is 1. The van der Waals surface area contributed by atoms with Crippen molar-refractivity contribution < 1.29 is 4.74 Å². The van der Waals surface area contributed by atoms with E-state index in [-0.39, 0.29) is 6.04 Å². The van der Waals surface area contributed by atoms with Gasteiger partial charge in [0.2, 0.25) is 5.88 Å². The standard InChI is InChI=1S/C17H17BrN4O/c1-10(12-5-4-6-13(18)7-12)20-17-14-8-16(23-3)19-9-15(14)21-11(2)22-17/h4-10H,1-3H3,(H,20,21,22). The van der Waals surface area contributed by atoms with Gasteiger partial charge >= 0.3 is 0 Å². The molecule has 1 aromatic carbocycles. The van der Waals surface area contributed by atoms with Gasteiger partial charge in [-0.3, -0.25) is 0 Å². The van der Waals surface area contributed by atoms with Crippen LogP contribution in [0.25, 0.3) is 10.9 Å². The van der Waals surface area contributed by atoms with Crippen LogP contribution in [-0.4, -0.2) is 22.1 Å². The fourth-order valence-electron chi connectivity index (χ4n) is 2.42. The summed E-state index contributed by atoms with van der Waals surface area (Å²) in [6.45, 7) is 3.97. The van der Waals surface area contributed by atoms with Gasteiger partial charge in [0.05, 0.1) is 24.9 Å². The summed E-state index contributed by atoms with van der Waals surface area (Å²) < 4.78 is 6.27. The second kappa shape index (κ2) is 6.50. The van der Waals surface area contributed by atoms with Gasteiger partial charge in [-0.15, -0.1) is 0 Å². The van der Waals surface area contributed by atoms with Gasteiger partial charge in [-0.05, 0) is 31.5 Å². The first-order valence-corrected chi connectivity index (χ1v) is 8.06. The summed E-state index contributed by atoms with van der Waals surface area (Å²) in [5.41, 5.74) is 1.96. The Balaban J connectivity index is 2.01. The first kappa shape index (κ1) is 15.7. The van der Waals surface area contributed by atoms with E-state index in [1.54, 1.807) is 13.3 Å². The molecule has 23 heavy (non-hydrogen) atoms. The van der Waals surface area contributed by atoms with Crippen LogP contribution >= 0.6 is 15.9 Å². The van der Waals surface area contributed by atoms with Gasteiger partial charge in [0, 0.05) is 15.9 Å². The van der Waals surface area contributed by atoms with Crippen LogP contribution in [0.5, 0.6) is 5.88 Å². The number of hydrogen-bond donors (Lipinski definition) is 1. The summed E-state index contributed by atoms with van der Waals surface area (Å²) in [5, 5.41) is 4.36. The van der Waals surface area contributed by atoms with Crippen LogP contribution in [0.3, 0.4) is 0 Å². The molecule has 0 bridgehead atoms. The average Bonchev–Trinajstić information content (AvgIpc) is 2.54. The Hall–Kier alpha value is -2.21. The van der Waals surface area contributed by atoms with Crippen molar-refractivity contribution in [3.05, 3.63) is 52.4 Å². The normalized spacial score (nSPS) is 12.2. The average molecular weight is 373 g/mol. The van der Waals surface area contributed by atoms with E-state index >= 15 is 0 Å². The van der Waals surface area contributed by atoms with Gasteiger partial charge in [-0.1, -0.05) is 28.1 Å². The molecule has 6 heteroatoms. The Morgan fingerprint density at radius 3 is 2.78 bits per heavy atom. The Labute approximate surface area is 143 Å². The highest BCUT2D eigenvalue weighted by Crippen LogP contribution is 2.27. The van der Waals surface area contributed by atoms with Crippen molar-refractivity contribution >= 4 is 32.7 Å². The molecule has 1 unspecified atom stereocenters. The van der Waals surface area contributed by atoms with E-state index in [1.165, 1.54) is 5.56 Å². The van der Waals surface area contributed by atoms with Crippen molar-refractivity contribution in [1.29, 1.82) is 0 Å². The summed E-state index contributed by atoms with van der Waals surface area (Å²) in [5.74, 6) is 2.03. The van der Waals surface area contributed by atoms with Crippen LogP contribution in [0.4, 0.5) is 5.82 Å². The second-order valence-corrected chi connectivity index (χ2v) is 6.20.